The van der Waals surface area contributed by atoms with Crippen LogP contribution in [0.3, 0.4) is 0 Å². The van der Waals surface area contributed by atoms with Crippen LogP contribution in [-0.2, 0) is 14.8 Å². The number of carbonyl (C=O) groups is 1. The van der Waals surface area contributed by atoms with Crippen LogP contribution >= 0.6 is 12.4 Å². The van der Waals surface area contributed by atoms with Gasteiger partial charge in [-0.3, -0.25) is 4.79 Å². The minimum atomic E-state index is -3.87. The van der Waals surface area contributed by atoms with E-state index >= 15 is 0 Å². The van der Waals surface area contributed by atoms with Crippen molar-refractivity contribution < 1.29 is 17.7 Å². The first-order valence-corrected chi connectivity index (χ1v) is 9.22. The number of aromatic nitrogens is 1. The van der Waals surface area contributed by atoms with Crippen molar-refractivity contribution in [2.24, 2.45) is 5.73 Å². The number of carbonyl (C=O) groups excluding carboxylic acids is 1. The van der Waals surface area contributed by atoms with E-state index in [0.29, 0.717) is 13.1 Å². The van der Waals surface area contributed by atoms with Crippen molar-refractivity contribution in [1.82, 2.24) is 14.8 Å². The summed E-state index contributed by atoms with van der Waals surface area (Å²) in [4.78, 5) is 14.3. The van der Waals surface area contributed by atoms with Gasteiger partial charge in [0.05, 0.1) is 6.04 Å². The maximum atomic E-state index is 12.6. The lowest BCUT2D eigenvalue weighted by Gasteiger charge is -2.36. The number of nitrogens with one attached hydrogen (secondary N) is 1. The second-order valence-electron chi connectivity index (χ2n) is 5.91. The zero-order valence-corrected chi connectivity index (χ0v) is 15.7. The third-order valence-electron chi connectivity index (χ3n) is 4.12. The van der Waals surface area contributed by atoms with Crippen LogP contribution in [0.2, 0.25) is 0 Å². The molecular weight excluding hydrogens is 356 g/mol. The predicted octanol–water partition coefficient (Wildman–Crippen LogP) is 0.720. The largest absolute Gasteiger partial charge is 0.360 e. The SMILES string of the molecule is Cc1noc(C)c1S(=O)(=O)NC(C)C(=O)N1CCCCC1CN.Cl. The summed E-state index contributed by atoms with van der Waals surface area (Å²) >= 11 is 0. The van der Waals surface area contributed by atoms with Gasteiger partial charge in [0, 0.05) is 19.1 Å². The fourth-order valence-corrected chi connectivity index (χ4v) is 4.51. The number of likely N-dealkylation sites (tertiary alicyclic amines) is 1. The van der Waals surface area contributed by atoms with E-state index in [9.17, 15) is 13.2 Å². The van der Waals surface area contributed by atoms with Crippen LogP contribution in [0.1, 0.15) is 37.6 Å². The van der Waals surface area contributed by atoms with Gasteiger partial charge in [-0.25, -0.2) is 8.42 Å². The molecule has 0 spiro atoms. The van der Waals surface area contributed by atoms with Gasteiger partial charge in [-0.15, -0.1) is 12.4 Å². The smallest absolute Gasteiger partial charge is 0.246 e. The number of amides is 1. The van der Waals surface area contributed by atoms with E-state index in [0.717, 1.165) is 19.3 Å². The van der Waals surface area contributed by atoms with Gasteiger partial charge in [0.2, 0.25) is 15.9 Å². The van der Waals surface area contributed by atoms with Crippen molar-refractivity contribution in [1.29, 1.82) is 0 Å². The summed E-state index contributed by atoms with van der Waals surface area (Å²) in [6.45, 7) is 5.61. The molecule has 8 nitrogen and oxygen atoms in total. The Kier molecular flexibility index (Phi) is 7.21. The van der Waals surface area contributed by atoms with Crippen molar-refractivity contribution in [2.45, 2.75) is 57.0 Å². The van der Waals surface area contributed by atoms with Gasteiger partial charge < -0.3 is 15.2 Å². The second kappa shape index (κ2) is 8.28. The molecule has 3 N–H and O–H groups in total. The van der Waals surface area contributed by atoms with E-state index in [1.807, 2.05) is 0 Å². The molecule has 2 unspecified atom stereocenters. The number of aryl methyl sites for hydroxylation is 2. The van der Waals surface area contributed by atoms with Crippen molar-refractivity contribution in [3.8, 4) is 0 Å². The maximum Gasteiger partial charge on any atom is 0.246 e. The molecule has 0 radical (unpaired) electrons. The standard InChI is InChI=1S/C14H24N4O4S.ClH/c1-9-13(11(3)22-16-9)23(20,21)17-10(2)14(19)18-7-5-4-6-12(18)8-15;/h10,12,17H,4-8,15H2,1-3H3;1H. The Balaban J connectivity index is 0.00000288. The molecule has 0 aromatic carbocycles. The highest BCUT2D eigenvalue weighted by molar-refractivity contribution is 7.89. The molecule has 1 fully saturated rings. The predicted molar refractivity (Wildman–Crippen MR) is 91.4 cm³/mol. The van der Waals surface area contributed by atoms with Gasteiger partial charge in [-0.2, -0.15) is 4.72 Å². The number of halogens is 1. The zero-order chi connectivity index (χ0) is 17.2. The van der Waals surface area contributed by atoms with E-state index in [-0.39, 0.29) is 40.7 Å². The summed E-state index contributed by atoms with van der Waals surface area (Å²) in [5.74, 6) is -0.0528. The van der Waals surface area contributed by atoms with Gasteiger partial charge >= 0.3 is 0 Å². The third-order valence-corrected chi connectivity index (χ3v) is 5.91. The van der Waals surface area contributed by atoms with E-state index in [1.54, 1.807) is 18.7 Å². The lowest BCUT2D eigenvalue weighted by Crippen LogP contribution is -2.54. The van der Waals surface area contributed by atoms with Crippen molar-refractivity contribution in [3.63, 3.8) is 0 Å². The number of piperidine rings is 1. The quantitative estimate of drug-likeness (QED) is 0.776. The summed E-state index contributed by atoms with van der Waals surface area (Å²) in [6, 6.07) is -0.900. The van der Waals surface area contributed by atoms with Crippen LogP contribution in [0, 0.1) is 13.8 Å². The van der Waals surface area contributed by atoms with Gasteiger partial charge in [-0.1, -0.05) is 5.16 Å². The molecule has 24 heavy (non-hydrogen) atoms. The molecule has 1 saturated heterocycles. The highest BCUT2D eigenvalue weighted by Crippen LogP contribution is 2.20. The first-order valence-electron chi connectivity index (χ1n) is 7.73. The van der Waals surface area contributed by atoms with Crippen molar-refractivity contribution in [2.75, 3.05) is 13.1 Å². The topological polar surface area (TPSA) is 119 Å². The first-order chi connectivity index (χ1) is 10.8. The Bertz CT molecular complexity index is 657. The van der Waals surface area contributed by atoms with Crippen molar-refractivity contribution in [3.05, 3.63) is 11.5 Å². The summed E-state index contributed by atoms with van der Waals surface area (Å²) < 4.78 is 32.3. The van der Waals surface area contributed by atoms with E-state index in [2.05, 4.69) is 9.88 Å². The average Bonchev–Trinajstić information content (AvgIpc) is 2.85. The summed E-state index contributed by atoms with van der Waals surface area (Å²) in [5, 5.41) is 3.64. The Labute approximate surface area is 148 Å². The Morgan fingerprint density at radius 2 is 2.12 bits per heavy atom. The van der Waals surface area contributed by atoms with Gasteiger partial charge in [-0.05, 0) is 40.0 Å². The third kappa shape index (κ3) is 4.27. The fourth-order valence-electron chi connectivity index (χ4n) is 2.98. The molecule has 138 valence electrons. The Morgan fingerprint density at radius 3 is 2.67 bits per heavy atom. The summed E-state index contributed by atoms with van der Waals surface area (Å²) in [6.07, 6.45) is 2.79. The molecule has 0 saturated carbocycles. The lowest BCUT2D eigenvalue weighted by atomic mass is 10.0. The van der Waals surface area contributed by atoms with Crippen LogP contribution in [0.15, 0.2) is 9.42 Å². The van der Waals surface area contributed by atoms with E-state index < -0.39 is 16.1 Å². The van der Waals surface area contributed by atoms with E-state index in [4.69, 9.17) is 10.3 Å². The van der Waals surface area contributed by atoms with Gasteiger partial charge in [0.15, 0.2) is 5.76 Å². The molecule has 0 aliphatic carbocycles. The van der Waals surface area contributed by atoms with Crippen LogP contribution in [-0.4, -0.2) is 49.6 Å². The molecular formula is C14H25ClN4O4S. The van der Waals surface area contributed by atoms with Gasteiger partial charge in [0.25, 0.3) is 0 Å². The maximum absolute atomic E-state index is 12.6. The highest BCUT2D eigenvalue weighted by Gasteiger charge is 2.33. The normalized spacial score (nSPS) is 19.7. The molecule has 1 aromatic rings. The minimum absolute atomic E-state index is 0. The number of sulfonamides is 1. The number of hydrogen-bond donors (Lipinski definition) is 2. The molecule has 2 heterocycles. The molecule has 1 aliphatic rings. The summed E-state index contributed by atoms with van der Waals surface area (Å²) in [7, 11) is -3.87. The van der Waals surface area contributed by atoms with Crippen molar-refractivity contribution >= 4 is 28.3 Å². The number of hydrogen-bond acceptors (Lipinski definition) is 6. The lowest BCUT2D eigenvalue weighted by molar-refractivity contribution is -0.136. The number of nitrogens with two attached hydrogens (primary N) is 1. The van der Waals surface area contributed by atoms with Crippen LogP contribution < -0.4 is 10.5 Å². The van der Waals surface area contributed by atoms with Crippen LogP contribution in [0.5, 0.6) is 0 Å². The number of nitrogens with zero attached hydrogens (tertiary/aromatic N) is 2. The van der Waals surface area contributed by atoms with Crippen LogP contribution in [0.25, 0.3) is 0 Å². The minimum Gasteiger partial charge on any atom is -0.360 e. The van der Waals surface area contributed by atoms with E-state index in [1.165, 1.54) is 6.92 Å². The molecule has 0 bridgehead atoms. The van der Waals surface area contributed by atoms with Gasteiger partial charge in [0.1, 0.15) is 10.6 Å². The van der Waals surface area contributed by atoms with Crippen LogP contribution in [0.4, 0.5) is 0 Å². The molecule has 2 rings (SSSR count). The second-order valence-corrected chi connectivity index (χ2v) is 7.56. The summed E-state index contributed by atoms with van der Waals surface area (Å²) in [5.41, 5.74) is 5.99. The molecule has 2 atom stereocenters. The average molecular weight is 381 g/mol. The molecule has 1 aliphatic heterocycles. The highest BCUT2D eigenvalue weighted by atomic mass is 35.5. The molecule has 10 heteroatoms. The fraction of sp³-hybridized carbons (Fsp3) is 0.714. The monoisotopic (exact) mass is 380 g/mol. The molecule has 1 aromatic heterocycles. The Hall–Kier alpha value is -1.16. The first kappa shape index (κ1) is 20.9. The Morgan fingerprint density at radius 1 is 1.46 bits per heavy atom. The number of rotatable bonds is 5. The molecule has 1 amide bonds. The zero-order valence-electron chi connectivity index (χ0n) is 14.1.